The minimum Gasteiger partial charge on any atom is -0.478 e. The third kappa shape index (κ3) is 7.79. The zero-order valence-electron chi connectivity index (χ0n) is 26.9. The summed E-state index contributed by atoms with van der Waals surface area (Å²) in [6, 6.07) is 9.38. The van der Waals surface area contributed by atoms with Crippen molar-refractivity contribution >= 4 is 53.4 Å². The second-order valence-electron chi connectivity index (χ2n) is 12.6. The van der Waals surface area contributed by atoms with E-state index in [4.69, 9.17) is 0 Å². The van der Waals surface area contributed by atoms with Crippen LogP contribution in [0.1, 0.15) is 62.0 Å². The van der Waals surface area contributed by atoms with Crippen molar-refractivity contribution in [3.63, 3.8) is 0 Å². The number of nitrogens with zero attached hydrogens (tertiary/aromatic N) is 2. The summed E-state index contributed by atoms with van der Waals surface area (Å²) < 4.78 is 100. The molecule has 0 saturated carbocycles. The van der Waals surface area contributed by atoms with E-state index in [0.717, 1.165) is 0 Å². The molecule has 0 radical (unpaired) electrons. The van der Waals surface area contributed by atoms with Crippen LogP contribution in [0.3, 0.4) is 0 Å². The van der Waals surface area contributed by atoms with Gasteiger partial charge in [0.15, 0.2) is 10.6 Å². The molecule has 48 heavy (non-hydrogen) atoms. The summed E-state index contributed by atoms with van der Waals surface area (Å²) in [6.07, 6.45) is 8.68. The minimum atomic E-state index is -4.65. The van der Waals surface area contributed by atoms with Crippen LogP contribution in [0.15, 0.2) is 77.4 Å². The van der Waals surface area contributed by atoms with Gasteiger partial charge in [0.1, 0.15) is 6.54 Å². The number of aromatic carboxylic acids is 1. The number of benzene rings is 2. The summed E-state index contributed by atoms with van der Waals surface area (Å²) in [5.41, 5.74) is 1.82. The molecule has 2 heterocycles. The lowest BCUT2D eigenvalue weighted by atomic mass is 9.81. The number of anilines is 1. The predicted octanol–water partition coefficient (Wildman–Crippen LogP) is 4.36. The molecule has 2 aromatic carbocycles. The Hall–Kier alpha value is -3.67. The zero-order chi connectivity index (χ0) is 35.9. The number of para-hydroxylation sites is 1. The van der Waals surface area contributed by atoms with E-state index in [0.29, 0.717) is 28.2 Å². The highest BCUT2D eigenvalue weighted by Crippen LogP contribution is 2.49. The van der Waals surface area contributed by atoms with Crippen molar-refractivity contribution in [2.75, 3.05) is 29.5 Å². The largest absolute Gasteiger partial charge is 0.478 e. The zero-order valence-corrected chi connectivity index (χ0v) is 29.3. The number of allylic oxidation sites excluding steroid dienone is 6. The predicted molar refractivity (Wildman–Crippen MR) is 181 cm³/mol. The van der Waals surface area contributed by atoms with E-state index in [1.165, 1.54) is 18.2 Å². The molecule has 0 saturated heterocycles. The van der Waals surface area contributed by atoms with Crippen molar-refractivity contribution in [3.8, 4) is 0 Å². The molecule has 0 aromatic heterocycles. The highest BCUT2D eigenvalue weighted by Gasteiger charge is 2.47. The smallest absolute Gasteiger partial charge is 0.336 e. The molecule has 260 valence electrons. The van der Waals surface area contributed by atoms with Gasteiger partial charge in [-0.1, -0.05) is 50.3 Å². The SMILES string of the molecule is CC1(C)C(/C=C/C=C/C=C2/N(CCCS(=O)(=O)O)c3cccc(C(=O)O)c3C2(C)C)=[N+](CCCS(=O)(=O)O)c2c1cccc2S(=O)(=O)O. The summed E-state index contributed by atoms with van der Waals surface area (Å²) in [5.74, 6) is -2.13. The Bertz CT molecular complexity index is 2090. The second kappa shape index (κ2) is 13.3. The number of carbonyl (C=O) groups is 1. The average Bonchev–Trinajstić information content (AvgIpc) is 3.30. The Balaban J connectivity index is 1.75. The number of carboxylic acid groups (broad SMARTS) is 1. The summed E-state index contributed by atoms with van der Waals surface area (Å²) in [6.45, 7) is 7.65. The van der Waals surface area contributed by atoms with Crippen LogP contribution >= 0.6 is 0 Å². The molecule has 4 N–H and O–H groups in total. The fraction of sp³-hybridized carbons (Fsp3) is 0.375. The summed E-state index contributed by atoms with van der Waals surface area (Å²) in [4.78, 5) is 13.6. The lowest BCUT2D eigenvalue weighted by molar-refractivity contribution is -0.440. The van der Waals surface area contributed by atoms with Gasteiger partial charge in [0.05, 0.1) is 22.5 Å². The Morgan fingerprint density at radius 2 is 1.46 bits per heavy atom. The molecular weight excluding hydrogens is 685 g/mol. The first kappa shape index (κ1) is 37.2. The van der Waals surface area contributed by atoms with Gasteiger partial charge in [0.25, 0.3) is 20.2 Å². The van der Waals surface area contributed by atoms with Gasteiger partial charge in [-0.3, -0.25) is 13.7 Å². The maximum Gasteiger partial charge on any atom is 0.336 e. The van der Waals surface area contributed by atoms with Gasteiger partial charge in [-0.2, -0.15) is 29.8 Å². The van der Waals surface area contributed by atoms with Gasteiger partial charge >= 0.3 is 16.1 Å². The maximum atomic E-state index is 12.3. The fourth-order valence-electron chi connectivity index (χ4n) is 6.54. The number of rotatable bonds is 13. The second-order valence-corrected chi connectivity index (χ2v) is 17.2. The molecular formula is C32H39N2O11S3+. The van der Waals surface area contributed by atoms with E-state index < -0.39 is 58.7 Å². The van der Waals surface area contributed by atoms with Crippen molar-refractivity contribution < 1.29 is 53.4 Å². The Morgan fingerprint density at radius 3 is 2.06 bits per heavy atom. The number of fused-ring (bicyclic) bond motifs is 2. The maximum absolute atomic E-state index is 12.3. The fourth-order valence-corrected chi connectivity index (χ4v) is 8.24. The molecule has 16 heteroatoms. The van der Waals surface area contributed by atoms with E-state index in [1.807, 2.05) is 32.6 Å². The first-order valence-electron chi connectivity index (χ1n) is 14.9. The van der Waals surface area contributed by atoms with Gasteiger partial charge in [0.2, 0.25) is 5.69 Å². The molecule has 13 nitrogen and oxygen atoms in total. The topological polar surface area (TPSA) is 207 Å². The van der Waals surface area contributed by atoms with Crippen molar-refractivity contribution in [1.29, 1.82) is 0 Å². The number of hydrogen-bond donors (Lipinski definition) is 4. The van der Waals surface area contributed by atoms with Gasteiger partial charge in [-0.05, 0) is 44.5 Å². The third-order valence-electron chi connectivity index (χ3n) is 8.57. The summed E-state index contributed by atoms with van der Waals surface area (Å²) in [5, 5.41) is 9.90. The van der Waals surface area contributed by atoms with E-state index >= 15 is 0 Å². The van der Waals surface area contributed by atoms with E-state index in [1.54, 1.807) is 53.2 Å². The van der Waals surface area contributed by atoms with Gasteiger partial charge in [-0.15, -0.1) is 0 Å². The van der Waals surface area contributed by atoms with Crippen LogP contribution in [0.5, 0.6) is 0 Å². The molecule has 4 rings (SSSR count). The van der Waals surface area contributed by atoms with Crippen LogP contribution in [-0.4, -0.2) is 84.9 Å². The lowest BCUT2D eigenvalue weighted by Crippen LogP contribution is -2.28. The van der Waals surface area contributed by atoms with Crippen molar-refractivity contribution in [1.82, 2.24) is 0 Å². The van der Waals surface area contributed by atoms with Gasteiger partial charge < -0.3 is 10.0 Å². The van der Waals surface area contributed by atoms with Crippen LogP contribution in [0.25, 0.3) is 0 Å². The van der Waals surface area contributed by atoms with E-state index in [-0.39, 0.29) is 42.1 Å². The first-order valence-corrected chi connectivity index (χ1v) is 19.6. The van der Waals surface area contributed by atoms with Gasteiger partial charge in [0, 0.05) is 47.0 Å². The standard InChI is InChI=1S/C32H38N2O11S3/c1-31(2)23-13-9-15-25(48(43,44)45)29(23)34(19-11-21-47(40,41)42)26(31)16-6-5-7-17-27-32(3,4)28-22(30(35)36)12-8-14-24(28)33(27)18-10-20-46(37,38)39/h5-9,12-17H,10-11,18-21H2,1-4H3,(H3-,35,36,37,38,39,40,41,42,43,44,45)/p+1. The van der Waals surface area contributed by atoms with E-state index in [9.17, 15) is 48.8 Å². The molecule has 0 bridgehead atoms. The Kier molecular flexibility index (Phi) is 10.3. The van der Waals surface area contributed by atoms with Crippen molar-refractivity contribution in [2.24, 2.45) is 0 Å². The Labute approximate surface area is 280 Å². The number of carboxylic acids is 1. The normalized spacial score (nSPS) is 18.3. The molecule has 0 aliphatic carbocycles. The molecule has 2 aromatic rings. The molecule has 2 aliphatic heterocycles. The van der Waals surface area contributed by atoms with Crippen LogP contribution in [0.4, 0.5) is 11.4 Å². The number of hydrogen-bond acceptors (Lipinski definition) is 8. The highest BCUT2D eigenvalue weighted by molar-refractivity contribution is 7.86. The van der Waals surface area contributed by atoms with Crippen LogP contribution in [0.2, 0.25) is 0 Å². The van der Waals surface area contributed by atoms with Crippen LogP contribution in [0, 0.1) is 0 Å². The molecule has 0 atom stereocenters. The molecule has 2 aliphatic rings. The average molecular weight is 724 g/mol. The Morgan fingerprint density at radius 1 is 0.833 bits per heavy atom. The van der Waals surface area contributed by atoms with Crippen molar-refractivity contribution in [3.05, 3.63) is 89.2 Å². The highest BCUT2D eigenvalue weighted by atomic mass is 32.2. The molecule has 0 amide bonds. The quantitative estimate of drug-likeness (QED) is 0.129. The summed E-state index contributed by atoms with van der Waals surface area (Å²) >= 11 is 0. The van der Waals surface area contributed by atoms with Crippen molar-refractivity contribution in [2.45, 2.75) is 56.3 Å². The summed E-state index contributed by atoms with van der Waals surface area (Å²) in [7, 11) is -13.1. The van der Waals surface area contributed by atoms with Crippen LogP contribution < -0.4 is 4.90 Å². The first-order chi connectivity index (χ1) is 22.1. The minimum absolute atomic E-state index is 0.0209. The van der Waals surface area contributed by atoms with Crippen LogP contribution in [-0.2, 0) is 41.2 Å². The molecule has 0 spiro atoms. The lowest BCUT2D eigenvalue weighted by Gasteiger charge is -2.27. The molecule has 0 unspecified atom stereocenters. The molecule has 0 fully saturated rings. The third-order valence-corrected chi connectivity index (χ3v) is 11.1. The van der Waals surface area contributed by atoms with E-state index in [2.05, 4.69) is 0 Å². The monoisotopic (exact) mass is 723 g/mol. The van der Waals surface area contributed by atoms with Gasteiger partial charge in [-0.25, -0.2) is 4.79 Å².